The van der Waals surface area contributed by atoms with Gasteiger partial charge in [0.15, 0.2) is 5.96 Å². The van der Waals surface area contributed by atoms with Crippen molar-refractivity contribution in [2.24, 2.45) is 10.7 Å². The molecule has 2 aromatic carbocycles. The molecule has 1 heterocycles. The molecular weight excluding hydrogens is 285 g/mol. The Labute approximate surface area is 127 Å². The first-order valence-corrected chi connectivity index (χ1v) is 7.90. The second-order valence-electron chi connectivity index (χ2n) is 4.83. The van der Waals surface area contributed by atoms with Crippen molar-refractivity contribution >= 4 is 23.4 Å². The highest BCUT2D eigenvalue weighted by Gasteiger charge is 2.28. The summed E-state index contributed by atoms with van der Waals surface area (Å²) in [4.78, 5) is 7.51. The van der Waals surface area contributed by atoms with Crippen molar-refractivity contribution in [1.29, 1.82) is 0 Å². The monoisotopic (exact) mass is 301 g/mol. The lowest BCUT2D eigenvalue weighted by atomic mass is 10.1. The number of rotatable bonds is 3. The molecule has 0 saturated heterocycles. The standard InChI is InChI=1S/C16H16FN3S/c1-21-14-8-2-11(3-9-14)15-10-19-16(18)20(15)13-6-4-12(17)5-7-13/h2-9,15H,10H2,1H3,(H2,18,19). The highest BCUT2D eigenvalue weighted by Crippen LogP contribution is 2.31. The van der Waals surface area contributed by atoms with Crippen molar-refractivity contribution < 1.29 is 4.39 Å². The van der Waals surface area contributed by atoms with Crippen LogP contribution in [0.25, 0.3) is 0 Å². The van der Waals surface area contributed by atoms with Crippen LogP contribution in [0, 0.1) is 5.82 Å². The largest absolute Gasteiger partial charge is 0.369 e. The maximum atomic E-state index is 13.1. The van der Waals surface area contributed by atoms with Gasteiger partial charge in [-0.25, -0.2) is 4.39 Å². The minimum atomic E-state index is -0.255. The smallest absolute Gasteiger partial charge is 0.196 e. The van der Waals surface area contributed by atoms with Crippen molar-refractivity contribution in [3.05, 3.63) is 59.9 Å². The number of guanidine groups is 1. The minimum Gasteiger partial charge on any atom is -0.369 e. The van der Waals surface area contributed by atoms with Crippen LogP contribution in [0.1, 0.15) is 11.6 Å². The average molecular weight is 301 g/mol. The summed E-state index contributed by atoms with van der Waals surface area (Å²) >= 11 is 1.71. The quantitative estimate of drug-likeness (QED) is 0.883. The maximum absolute atomic E-state index is 13.1. The van der Waals surface area contributed by atoms with Gasteiger partial charge in [0.1, 0.15) is 5.82 Å². The molecule has 0 radical (unpaired) electrons. The molecule has 1 atom stereocenters. The summed E-state index contributed by atoms with van der Waals surface area (Å²) in [6.07, 6.45) is 2.05. The molecule has 2 N–H and O–H groups in total. The lowest BCUT2D eigenvalue weighted by molar-refractivity contribution is 0.627. The Morgan fingerprint density at radius 2 is 1.81 bits per heavy atom. The first kappa shape index (κ1) is 13.9. The number of halogens is 1. The fourth-order valence-electron chi connectivity index (χ4n) is 2.49. The van der Waals surface area contributed by atoms with E-state index in [1.807, 2.05) is 4.90 Å². The topological polar surface area (TPSA) is 41.6 Å². The lowest BCUT2D eigenvalue weighted by Gasteiger charge is -2.26. The maximum Gasteiger partial charge on any atom is 0.196 e. The molecule has 2 aromatic rings. The first-order chi connectivity index (χ1) is 10.2. The van der Waals surface area contributed by atoms with E-state index in [-0.39, 0.29) is 11.9 Å². The molecule has 3 rings (SSSR count). The van der Waals surface area contributed by atoms with E-state index in [1.165, 1.54) is 17.0 Å². The number of benzene rings is 2. The molecule has 1 unspecified atom stereocenters. The van der Waals surface area contributed by atoms with Gasteiger partial charge in [0.2, 0.25) is 0 Å². The van der Waals surface area contributed by atoms with E-state index < -0.39 is 0 Å². The number of thioether (sulfide) groups is 1. The molecule has 0 spiro atoms. The number of hydrogen-bond donors (Lipinski definition) is 1. The predicted molar refractivity (Wildman–Crippen MR) is 86.3 cm³/mol. The van der Waals surface area contributed by atoms with Crippen molar-refractivity contribution in [2.75, 3.05) is 17.7 Å². The van der Waals surface area contributed by atoms with Crippen LogP contribution in [0.2, 0.25) is 0 Å². The molecule has 1 aliphatic heterocycles. The summed E-state index contributed by atoms with van der Waals surface area (Å²) in [7, 11) is 0. The first-order valence-electron chi connectivity index (χ1n) is 6.67. The van der Waals surface area contributed by atoms with Gasteiger partial charge in [-0.1, -0.05) is 12.1 Å². The Bertz CT molecular complexity index is 652. The van der Waals surface area contributed by atoms with Gasteiger partial charge in [-0.15, -0.1) is 11.8 Å². The molecule has 21 heavy (non-hydrogen) atoms. The summed E-state index contributed by atoms with van der Waals surface area (Å²) in [5, 5.41) is 0. The van der Waals surface area contributed by atoms with E-state index in [2.05, 4.69) is 35.5 Å². The number of hydrogen-bond acceptors (Lipinski definition) is 4. The van der Waals surface area contributed by atoms with E-state index in [1.54, 1.807) is 23.9 Å². The Hall–Kier alpha value is -2.01. The predicted octanol–water partition coefficient (Wildman–Crippen LogP) is 3.42. The lowest BCUT2D eigenvalue weighted by Crippen LogP contribution is -2.36. The van der Waals surface area contributed by atoms with E-state index in [0.717, 1.165) is 11.3 Å². The molecule has 5 heteroatoms. The van der Waals surface area contributed by atoms with Crippen molar-refractivity contribution in [1.82, 2.24) is 0 Å². The normalized spacial score (nSPS) is 17.9. The Kier molecular flexibility index (Phi) is 3.84. The van der Waals surface area contributed by atoms with E-state index in [9.17, 15) is 4.39 Å². The highest BCUT2D eigenvalue weighted by molar-refractivity contribution is 7.98. The van der Waals surface area contributed by atoms with Crippen LogP contribution in [0.4, 0.5) is 10.1 Å². The van der Waals surface area contributed by atoms with Crippen LogP contribution in [-0.4, -0.2) is 18.8 Å². The van der Waals surface area contributed by atoms with E-state index >= 15 is 0 Å². The summed E-state index contributed by atoms with van der Waals surface area (Å²) in [5.74, 6) is 0.217. The molecule has 0 aromatic heterocycles. The molecule has 0 bridgehead atoms. The fraction of sp³-hybridized carbons (Fsp3) is 0.188. The Morgan fingerprint density at radius 1 is 1.14 bits per heavy atom. The summed E-state index contributed by atoms with van der Waals surface area (Å²) in [6, 6.07) is 14.8. The summed E-state index contributed by atoms with van der Waals surface area (Å²) in [5.41, 5.74) is 8.02. The molecule has 0 amide bonds. The zero-order valence-corrected chi connectivity index (χ0v) is 12.5. The zero-order valence-electron chi connectivity index (χ0n) is 11.7. The van der Waals surface area contributed by atoms with Crippen molar-refractivity contribution in [2.45, 2.75) is 10.9 Å². The SMILES string of the molecule is CSc1ccc(C2CN=C(N)N2c2ccc(F)cc2)cc1. The third kappa shape index (κ3) is 2.74. The Balaban J connectivity index is 1.92. The molecular formula is C16H16FN3S. The second-order valence-corrected chi connectivity index (χ2v) is 5.71. The number of aliphatic imine (C=N–C) groups is 1. The summed E-state index contributed by atoms with van der Waals surface area (Å²) < 4.78 is 13.1. The van der Waals surface area contributed by atoms with Gasteiger partial charge in [-0.05, 0) is 48.2 Å². The van der Waals surface area contributed by atoms with Crippen LogP contribution >= 0.6 is 11.8 Å². The molecule has 108 valence electrons. The third-order valence-electron chi connectivity index (χ3n) is 3.59. The number of nitrogens with two attached hydrogens (primary N) is 1. The highest BCUT2D eigenvalue weighted by atomic mass is 32.2. The van der Waals surface area contributed by atoms with Gasteiger partial charge in [0.25, 0.3) is 0 Å². The molecule has 0 aliphatic carbocycles. The van der Waals surface area contributed by atoms with Crippen molar-refractivity contribution in [3.8, 4) is 0 Å². The van der Waals surface area contributed by atoms with E-state index in [4.69, 9.17) is 5.73 Å². The second kappa shape index (κ2) is 5.77. The molecule has 3 nitrogen and oxygen atoms in total. The van der Waals surface area contributed by atoms with Gasteiger partial charge in [-0.2, -0.15) is 0 Å². The fourth-order valence-corrected chi connectivity index (χ4v) is 2.90. The number of nitrogens with zero attached hydrogens (tertiary/aromatic N) is 2. The van der Waals surface area contributed by atoms with Gasteiger partial charge in [0, 0.05) is 10.6 Å². The minimum absolute atomic E-state index is 0.0615. The van der Waals surface area contributed by atoms with Crippen LogP contribution in [0.15, 0.2) is 58.4 Å². The average Bonchev–Trinajstić information content (AvgIpc) is 2.90. The molecule has 1 aliphatic rings. The van der Waals surface area contributed by atoms with Crippen LogP contribution in [0.3, 0.4) is 0 Å². The number of anilines is 1. The third-order valence-corrected chi connectivity index (χ3v) is 4.33. The zero-order chi connectivity index (χ0) is 14.8. The van der Waals surface area contributed by atoms with Gasteiger partial charge >= 0.3 is 0 Å². The van der Waals surface area contributed by atoms with Crippen LogP contribution < -0.4 is 10.6 Å². The van der Waals surface area contributed by atoms with Crippen molar-refractivity contribution in [3.63, 3.8) is 0 Å². The van der Waals surface area contributed by atoms with Gasteiger partial charge in [0.05, 0.1) is 12.6 Å². The molecule has 0 fully saturated rings. The van der Waals surface area contributed by atoms with Gasteiger partial charge in [-0.3, -0.25) is 4.99 Å². The van der Waals surface area contributed by atoms with Crippen LogP contribution in [0.5, 0.6) is 0 Å². The summed E-state index contributed by atoms with van der Waals surface area (Å²) in [6.45, 7) is 0.613. The van der Waals surface area contributed by atoms with E-state index in [0.29, 0.717) is 12.5 Å². The van der Waals surface area contributed by atoms with Crippen LogP contribution in [-0.2, 0) is 0 Å². The van der Waals surface area contributed by atoms with Gasteiger partial charge < -0.3 is 10.6 Å². The molecule has 0 saturated carbocycles. The Morgan fingerprint density at radius 3 is 2.43 bits per heavy atom.